The summed E-state index contributed by atoms with van der Waals surface area (Å²) in [5, 5.41) is 4.09. The van der Waals surface area contributed by atoms with E-state index < -0.39 is 5.91 Å². The number of nitrogens with one attached hydrogen (secondary N) is 1. The van der Waals surface area contributed by atoms with E-state index in [4.69, 9.17) is 17.3 Å². The summed E-state index contributed by atoms with van der Waals surface area (Å²) in [6.45, 7) is 4.83. The van der Waals surface area contributed by atoms with Crippen molar-refractivity contribution in [1.82, 2.24) is 5.32 Å². The molecule has 1 atom stereocenters. The number of nitrogens with two attached hydrogens (primary N) is 1. The molecule has 1 aromatic rings. The summed E-state index contributed by atoms with van der Waals surface area (Å²) in [4.78, 5) is 13.7. The third-order valence-corrected chi connectivity index (χ3v) is 3.79. The minimum atomic E-state index is -0.413. The molecule has 0 spiro atoms. The number of anilines is 1. The maximum atomic E-state index is 11.5. The number of rotatable bonds is 5. The van der Waals surface area contributed by atoms with Crippen LogP contribution in [0.1, 0.15) is 30.1 Å². The van der Waals surface area contributed by atoms with Crippen LogP contribution in [0.3, 0.4) is 0 Å². The van der Waals surface area contributed by atoms with Gasteiger partial charge in [-0.1, -0.05) is 11.6 Å². The molecule has 1 heterocycles. The number of nitrogens with zero attached hydrogens (tertiary/aromatic N) is 1. The summed E-state index contributed by atoms with van der Waals surface area (Å²) in [6.07, 6.45) is 2.38. The molecular weight excluding hydrogens is 262 g/mol. The van der Waals surface area contributed by atoms with Crippen molar-refractivity contribution in [3.63, 3.8) is 0 Å². The molecule has 0 radical (unpaired) electrons. The quantitative estimate of drug-likeness (QED) is 0.868. The van der Waals surface area contributed by atoms with E-state index in [2.05, 4.69) is 17.1 Å². The van der Waals surface area contributed by atoms with Gasteiger partial charge in [0.15, 0.2) is 0 Å². The summed E-state index contributed by atoms with van der Waals surface area (Å²) in [5.41, 5.74) is 6.80. The van der Waals surface area contributed by atoms with Gasteiger partial charge < -0.3 is 16.0 Å². The van der Waals surface area contributed by atoms with Crippen LogP contribution in [-0.2, 0) is 0 Å². The molecule has 1 aromatic carbocycles. The number of hydrogen-bond acceptors (Lipinski definition) is 3. The number of hydrogen-bond donors (Lipinski definition) is 2. The smallest absolute Gasteiger partial charge is 0.250 e. The minimum absolute atomic E-state index is 0.413. The average molecular weight is 282 g/mol. The minimum Gasteiger partial charge on any atom is -0.370 e. The largest absolute Gasteiger partial charge is 0.370 e. The molecular formula is C14H20ClN3O. The number of carbonyl (C=O) groups excluding carboxylic acids is 1. The molecule has 104 valence electrons. The molecule has 1 aliphatic rings. The Hall–Kier alpha value is -1.26. The first-order valence-electron chi connectivity index (χ1n) is 6.69. The second kappa shape index (κ2) is 6.26. The second-order valence-corrected chi connectivity index (χ2v) is 5.29. The topological polar surface area (TPSA) is 58.4 Å². The van der Waals surface area contributed by atoms with Crippen LogP contribution in [0.15, 0.2) is 18.2 Å². The molecule has 0 bridgehead atoms. The number of halogens is 1. The van der Waals surface area contributed by atoms with Crippen molar-refractivity contribution in [2.45, 2.75) is 25.8 Å². The maximum Gasteiger partial charge on any atom is 0.250 e. The van der Waals surface area contributed by atoms with E-state index in [1.54, 1.807) is 12.1 Å². The zero-order chi connectivity index (χ0) is 13.8. The van der Waals surface area contributed by atoms with Gasteiger partial charge in [0, 0.05) is 24.2 Å². The zero-order valence-corrected chi connectivity index (χ0v) is 11.9. The Labute approximate surface area is 118 Å². The van der Waals surface area contributed by atoms with Gasteiger partial charge in [-0.15, -0.1) is 0 Å². The molecule has 1 unspecified atom stereocenters. The standard InChI is InChI=1S/C14H20ClN3O/c1-2-18(9-11-4-3-7-17-11)13-8-10(15)5-6-12(13)14(16)19/h5-6,8,11,17H,2-4,7,9H2,1H3,(H2,16,19). The monoisotopic (exact) mass is 281 g/mol. The number of benzene rings is 1. The Kier molecular flexibility index (Phi) is 4.66. The van der Waals surface area contributed by atoms with Crippen LogP contribution in [0.4, 0.5) is 5.69 Å². The highest BCUT2D eigenvalue weighted by molar-refractivity contribution is 6.31. The third kappa shape index (κ3) is 3.39. The SMILES string of the molecule is CCN(CC1CCCN1)c1cc(Cl)ccc1C(N)=O. The van der Waals surface area contributed by atoms with E-state index in [-0.39, 0.29) is 0 Å². The second-order valence-electron chi connectivity index (χ2n) is 4.86. The van der Waals surface area contributed by atoms with Crippen molar-refractivity contribution in [1.29, 1.82) is 0 Å². The van der Waals surface area contributed by atoms with E-state index in [9.17, 15) is 4.79 Å². The normalized spacial score (nSPS) is 18.5. The van der Waals surface area contributed by atoms with Crippen LogP contribution < -0.4 is 16.0 Å². The van der Waals surface area contributed by atoms with Gasteiger partial charge >= 0.3 is 0 Å². The molecule has 1 aliphatic heterocycles. The average Bonchev–Trinajstić information content (AvgIpc) is 2.88. The number of likely N-dealkylation sites (N-methyl/N-ethyl adjacent to an activating group) is 1. The van der Waals surface area contributed by atoms with E-state index in [1.807, 2.05) is 6.07 Å². The van der Waals surface area contributed by atoms with Crippen LogP contribution >= 0.6 is 11.6 Å². The Balaban J connectivity index is 2.25. The van der Waals surface area contributed by atoms with Crippen molar-refractivity contribution in [3.8, 4) is 0 Å². The van der Waals surface area contributed by atoms with Gasteiger partial charge in [0.1, 0.15) is 0 Å². The molecule has 19 heavy (non-hydrogen) atoms. The van der Waals surface area contributed by atoms with Crippen LogP contribution in [-0.4, -0.2) is 31.6 Å². The maximum absolute atomic E-state index is 11.5. The van der Waals surface area contributed by atoms with Gasteiger partial charge in [-0.25, -0.2) is 0 Å². The lowest BCUT2D eigenvalue weighted by atomic mass is 10.1. The summed E-state index contributed by atoms with van der Waals surface area (Å²) in [5.74, 6) is -0.413. The van der Waals surface area contributed by atoms with E-state index >= 15 is 0 Å². The van der Waals surface area contributed by atoms with Gasteiger partial charge in [0.25, 0.3) is 5.91 Å². The van der Waals surface area contributed by atoms with Gasteiger partial charge in [0.05, 0.1) is 11.3 Å². The van der Waals surface area contributed by atoms with Crippen LogP contribution in [0, 0.1) is 0 Å². The van der Waals surface area contributed by atoms with Crippen molar-refractivity contribution >= 4 is 23.2 Å². The van der Waals surface area contributed by atoms with Crippen LogP contribution in [0.25, 0.3) is 0 Å². The molecule has 0 aromatic heterocycles. The van der Waals surface area contributed by atoms with Crippen molar-refractivity contribution < 1.29 is 4.79 Å². The fraction of sp³-hybridized carbons (Fsp3) is 0.500. The predicted molar refractivity (Wildman–Crippen MR) is 78.9 cm³/mol. The Bertz CT molecular complexity index is 458. The summed E-state index contributed by atoms with van der Waals surface area (Å²) >= 11 is 6.04. The molecule has 2 rings (SSSR count). The lowest BCUT2D eigenvalue weighted by molar-refractivity contribution is 0.100. The molecule has 1 amide bonds. The lowest BCUT2D eigenvalue weighted by Gasteiger charge is -2.28. The Morgan fingerprint density at radius 1 is 1.58 bits per heavy atom. The first-order chi connectivity index (χ1) is 9.11. The van der Waals surface area contributed by atoms with Crippen molar-refractivity contribution in [3.05, 3.63) is 28.8 Å². The first-order valence-corrected chi connectivity index (χ1v) is 7.07. The fourth-order valence-electron chi connectivity index (χ4n) is 2.55. The third-order valence-electron chi connectivity index (χ3n) is 3.55. The van der Waals surface area contributed by atoms with Gasteiger partial charge in [-0.3, -0.25) is 4.79 Å². The predicted octanol–water partition coefficient (Wildman–Crippen LogP) is 2.02. The molecule has 5 heteroatoms. The van der Waals surface area contributed by atoms with Crippen LogP contribution in [0.2, 0.25) is 5.02 Å². The molecule has 3 N–H and O–H groups in total. The molecule has 0 saturated carbocycles. The molecule has 1 saturated heterocycles. The molecule has 1 fully saturated rings. The van der Waals surface area contributed by atoms with Crippen molar-refractivity contribution in [2.24, 2.45) is 5.73 Å². The zero-order valence-electron chi connectivity index (χ0n) is 11.2. The summed E-state index contributed by atoms with van der Waals surface area (Å²) in [7, 11) is 0. The van der Waals surface area contributed by atoms with Gasteiger partial charge in [-0.05, 0) is 44.5 Å². The molecule has 4 nitrogen and oxygen atoms in total. The van der Waals surface area contributed by atoms with E-state index in [1.165, 1.54) is 12.8 Å². The summed E-state index contributed by atoms with van der Waals surface area (Å²) < 4.78 is 0. The highest BCUT2D eigenvalue weighted by Gasteiger charge is 2.20. The van der Waals surface area contributed by atoms with E-state index in [0.29, 0.717) is 16.6 Å². The number of amides is 1. The Morgan fingerprint density at radius 3 is 2.95 bits per heavy atom. The van der Waals surface area contributed by atoms with Crippen LogP contribution in [0.5, 0.6) is 0 Å². The highest BCUT2D eigenvalue weighted by atomic mass is 35.5. The number of primary amides is 1. The number of carbonyl (C=O) groups is 1. The fourth-order valence-corrected chi connectivity index (χ4v) is 2.72. The molecule has 0 aliphatic carbocycles. The summed E-state index contributed by atoms with van der Waals surface area (Å²) in [6, 6.07) is 5.69. The highest BCUT2D eigenvalue weighted by Crippen LogP contribution is 2.25. The van der Waals surface area contributed by atoms with Gasteiger partial charge in [0.2, 0.25) is 0 Å². The first kappa shape index (κ1) is 14.2. The van der Waals surface area contributed by atoms with Gasteiger partial charge in [-0.2, -0.15) is 0 Å². The Morgan fingerprint density at radius 2 is 2.37 bits per heavy atom. The van der Waals surface area contributed by atoms with E-state index in [0.717, 1.165) is 25.3 Å². The lowest BCUT2D eigenvalue weighted by Crippen LogP contribution is -2.38. The van der Waals surface area contributed by atoms with Crippen molar-refractivity contribution in [2.75, 3.05) is 24.5 Å².